The lowest BCUT2D eigenvalue weighted by atomic mass is 9.94. The standard InChI is InChI=1S/C23H21N.C5H8.2C2H6/c1-15(2)16-7-9-18(10-8-16)20-13-14-21-19-6-4-3-5-17(19)11-12-22(21)23(20)24;1-3-5-4-2;2*1-2/h3-15H,24H2,1-2H3;3-5H,1H2,2H3;2*1-2H3/b;5-4+;;. The summed E-state index contributed by atoms with van der Waals surface area (Å²) in [5.74, 6) is 0.541. The molecule has 1 heteroatoms. The first-order chi connectivity index (χ1) is 16.1. The minimum atomic E-state index is 0.541. The monoisotopic (exact) mass is 439 g/mol. The van der Waals surface area contributed by atoms with Crippen molar-refractivity contribution in [3.8, 4) is 11.1 Å². The van der Waals surface area contributed by atoms with Gasteiger partial charge in [-0.05, 0) is 40.1 Å². The molecule has 0 atom stereocenters. The summed E-state index contributed by atoms with van der Waals surface area (Å²) in [5.41, 5.74) is 11.0. The van der Waals surface area contributed by atoms with Gasteiger partial charge in [-0.15, -0.1) is 0 Å². The van der Waals surface area contributed by atoms with E-state index >= 15 is 0 Å². The van der Waals surface area contributed by atoms with Gasteiger partial charge in [-0.3, -0.25) is 0 Å². The summed E-state index contributed by atoms with van der Waals surface area (Å²) in [5, 5.41) is 4.84. The lowest BCUT2D eigenvalue weighted by Gasteiger charge is -2.13. The Bertz CT molecular complexity index is 1150. The van der Waals surface area contributed by atoms with E-state index in [1.807, 2.05) is 46.8 Å². The van der Waals surface area contributed by atoms with Crippen LogP contribution in [0.1, 0.15) is 59.9 Å². The molecule has 0 unspecified atom stereocenters. The highest BCUT2D eigenvalue weighted by Gasteiger charge is 2.09. The van der Waals surface area contributed by atoms with Crippen molar-refractivity contribution in [3.63, 3.8) is 0 Å². The molecular formula is C32H41N. The zero-order valence-electron chi connectivity index (χ0n) is 21.5. The number of nitrogen functional groups attached to an aromatic ring is 1. The average molecular weight is 440 g/mol. The molecule has 4 aromatic carbocycles. The van der Waals surface area contributed by atoms with Crippen LogP contribution >= 0.6 is 0 Å². The highest BCUT2D eigenvalue weighted by Crippen LogP contribution is 2.36. The second-order valence-corrected chi connectivity index (χ2v) is 7.45. The Kier molecular flexibility index (Phi) is 12.3. The van der Waals surface area contributed by atoms with E-state index in [-0.39, 0.29) is 0 Å². The second kappa shape index (κ2) is 14.7. The van der Waals surface area contributed by atoms with Crippen molar-refractivity contribution in [1.82, 2.24) is 0 Å². The molecule has 33 heavy (non-hydrogen) atoms. The van der Waals surface area contributed by atoms with Crippen molar-refractivity contribution in [2.45, 2.75) is 54.4 Å². The molecule has 0 amide bonds. The van der Waals surface area contributed by atoms with Crippen LogP contribution in [-0.2, 0) is 0 Å². The molecule has 4 rings (SSSR count). The molecule has 0 radical (unpaired) electrons. The van der Waals surface area contributed by atoms with Crippen LogP contribution in [0.5, 0.6) is 0 Å². The molecule has 0 heterocycles. The molecule has 0 aromatic heterocycles. The molecule has 0 saturated heterocycles. The van der Waals surface area contributed by atoms with E-state index in [4.69, 9.17) is 5.73 Å². The van der Waals surface area contributed by atoms with Crippen molar-refractivity contribution in [2.75, 3.05) is 5.73 Å². The maximum atomic E-state index is 6.54. The number of benzene rings is 4. The number of hydrogen-bond acceptors (Lipinski definition) is 1. The summed E-state index contributed by atoms with van der Waals surface area (Å²) in [6, 6.07) is 25.8. The van der Waals surface area contributed by atoms with Gasteiger partial charge in [0.2, 0.25) is 0 Å². The Labute approximate surface area is 201 Å². The van der Waals surface area contributed by atoms with Crippen molar-refractivity contribution in [3.05, 3.63) is 103 Å². The number of fused-ring (bicyclic) bond motifs is 3. The Balaban J connectivity index is 0.000000529. The maximum absolute atomic E-state index is 6.54. The van der Waals surface area contributed by atoms with Gasteiger partial charge in [0, 0.05) is 16.6 Å². The van der Waals surface area contributed by atoms with Crippen molar-refractivity contribution in [2.24, 2.45) is 0 Å². The Morgan fingerprint density at radius 2 is 1.33 bits per heavy atom. The fourth-order valence-electron chi connectivity index (χ4n) is 3.55. The first-order valence-electron chi connectivity index (χ1n) is 12.1. The van der Waals surface area contributed by atoms with Gasteiger partial charge in [0.15, 0.2) is 0 Å². The largest absolute Gasteiger partial charge is 0.398 e. The van der Waals surface area contributed by atoms with E-state index < -0.39 is 0 Å². The van der Waals surface area contributed by atoms with Crippen LogP contribution in [-0.4, -0.2) is 0 Å². The van der Waals surface area contributed by atoms with Gasteiger partial charge in [-0.2, -0.15) is 0 Å². The highest BCUT2D eigenvalue weighted by molar-refractivity contribution is 6.13. The Morgan fingerprint density at radius 1 is 0.727 bits per heavy atom. The molecule has 1 nitrogen and oxygen atoms in total. The Morgan fingerprint density at radius 3 is 1.88 bits per heavy atom. The summed E-state index contributed by atoms with van der Waals surface area (Å²) >= 11 is 0. The average Bonchev–Trinajstić information content (AvgIpc) is 2.87. The fraction of sp³-hybridized carbons (Fsp3) is 0.250. The van der Waals surface area contributed by atoms with E-state index in [2.05, 4.69) is 93.2 Å². The minimum Gasteiger partial charge on any atom is -0.398 e. The van der Waals surface area contributed by atoms with Crippen LogP contribution in [0, 0.1) is 0 Å². The van der Waals surface area contributed by atoms with Gasteiger partial charge >= 0.3 is 0 Å². The molecule has 0 bridgehead atoms. The predicted molar refractivity (Wildman–Crippen MR) is 153 cm³/mol. The van der Waals surface area contributed by atoms with Gasteiger partial charge in [0.05, 0.1) is 0 Å². The van der Waals surface area contributed by atoms with Crippen molar-refractivity contribution < 1.29 is 0 Å². The summed E-state index contributed by atoms with van der Waals surface area (Å²) in [6.07, 6.45) is 5.58. The third-order valence-corrected chi connectivity index (χ3v) is 5.18. The van der Waals surface area contributed by atoms with Crippen molar-refractivity contribution >= 4 is 27.2 Å². The summed E-state index contributed by atoms with van der Waals surface area (Å²) < 4.78 is 0. The minimum absolute atomic E-state index is 0.541. The third kappa shape index (κ3) is 7.08. The molecule has 2 N–H and O–H groups in total. The van der Waals surface area contributed by atoms with Crippen LogP contribution in [0.2, 0.25) is 0 Å². The normalized spacial score (nSPS) is 10.1. The van der Waals surface area contributed by atoms with Crippen LogP contribution in [0.25, 0.3) is 32.7 Å². The number of rotatable bonds is 3. The zero-order chi connectivity index (χ0) is 24.8. The summed E-state index contributed by atoms with van der Waals surface area (Å²) in [4.78, 5) is 0. The summed E-state index contributed by atoms with van der Waals surface area (Å²) in [7, 11) is 0. The van der Waals surface area contributed by atoms with Crippen LogP contribution in [0.4, 0.5) is 5.69 Å². The topological polar surface area (TPSA) is 26.0 Å². The van der Waals surface area contributed by atoms with E-state index in [0.717, 1.165) is 16.6 Å². The van der Waals surface area contributed by atoms with Gasteiger partial charge in [-0.1, -0.05) is 139 Å². The SMILES string of the molecule is C=C/C=C/C.CC.CC.CC(C)c1ccc(-c2ccc3c(ccc4ccccc43)c2N)cc1. The van der Waals surface area contributed by atoms with Crippen LogP contribution in [0.3, 0.4) is 0 Å². The smallest absolute Gasteiger partial charge is 0.0473 e. The molecule has 0 spiro atoms. The first kappa shape index (κ1) is 27.7. The molecule has 4 aromatic rings. The van der Waals surface area contributed by atoms with Gasteiger partial charge < -0.3 is 5.73 Å². The highest BCUT2D eigenvalue weighted by atomic mass is 14.6. The predicted octanol–water partition coefficient (Wildman–Crippen LogP) is 10.2. The molecule has 0 aliphatic heterocycles. The lowest BCUT2D eigenvalue weighted by Crippen LogP contribution is -1.93. The van der Waals surface area contributed by atoms with Crippen molar-refractivity contribution in [1.29, 1.82) is 0 Å². The zero-order valence-corrected chi connectivity index (χ0v) is 21.5. The quantitative estimate of drug-likeness (QED) is 0.192. The van der Waals surface area contributed by atoms with Gasteiger partial charge in [0.1, 0.15) is 0 Å². The number of nitrogens with two attached hydrogens (primary N) is 1. The van der Waals surface area contributed by atoms with E-state index in [1.54, 1.807) is 6.08 Å². The van der Waals surface area contributed by atoms with E-state index in [9.17, 15) is 0 Å². The molecule has 0 fully saturated rings. The third-order valence-electron chi connectivity index (χ3n) is 5.18. The molecule has 0 saturated carbocycles. The lowest BCUT2D eigenvalue weighted by molar-refractivity contribution is 0.867. The molecule has 0 aliphatic rings. The molecular weight excluding hydrogens is 398 g/mol. The summed E-state index contributed by atoms with van der Waals surface area (Å²) in [6.45, 7) is 17.8. The van der Waals surface area contributed by atoms with Gasteiger partial charge in [0.25, 0.3) is 0 Å². The number of allylic oxidation sites excluding steroid dienone is 3. The molecule has 0 aliphatic carbocycles. The molecule has 174 valence electrons. The first-order valence-corrected chi connectivity index (χ1v) is 12.1. The number of hydrogen-bond donors (Lipinski definition) is 1. The Hall–Kier alpha value is -3.32. The second-order valence-electron chi connectivity index (χ2n) is 7.45. The van der Waals surface area contributed by atoms with Crippen LogP contribution < -0.4 is 5.73 Å². The fourth-order valence-corrected chi connectivity index (χ4v) is 3.55. The van der Waals surface area contributed by atoms with E-state index in [1.165, 1.54) is 27.3 Å². The van der Waals surface area contributed by atoms with E-state index in [0.29, 0.717) is 5.92 Å². The van der Waals surface area contributed by atoms with Crippen LogP contribution in [0.15, 0.2) is 97.6 Å². The van der Waals surface area contributed by atoms with Gasteiger partial charge in [-0.25, -0.2) is 0 Å². The number of anilines is 1. The maximum Gasteiger partial charge on any atom is 0.0473 e.